The van der Waals surface area contributed by atoms with E-state index in [4.69, 9.17) is 13.3 Å². The molecule has 2 N–H and O–H groups in total. The van der Waals surface area contributed by atoms with Gasteiger partial charge in [-0.15, -0.1) is 0 Å². The summed E-state index contributed by atoms with van der Waals surface area (Å²) in [6.07, 6.45) is 0.472. The molecule has 4 nitrogen and oxygen atoms in total. The number of rotatable bonds is 2. The number of carbonyl (C=O) groups excluding carboxylic acids is 1. The van der Waals surface area contributed by atoms with E-state index in [0.717, 1.165) is 10.5 Å². The molecule has 2 radical (unpaired) electrons. The van der Waals surface area contributed by atoms with Gasteiger partial charge in [0.25, 0.3) is 0 Å². The standard InChI is InChI=1S/C10H11BBrN3O/c1-15(9(12)13)10(16)14-8-4-2-7(6-11)3-5-8/h2-5,13H,6H2,1H3,(H,14,16). The molecular weight excluding hydrogens is 269 g/mol. The zero-order chi connectivity index (χ0) is 12.1. The van der Waals surface area contributed by atoms with E-state index < -0.39 is 0 Å². The third-order valence-electron chi connectivity index (χ3n) is 2.04. The van der Waals surface area contributed by atoms with Gasteiger partial charge >= 0.3 is 6.03 Å². The van der Waals surface area contributed by atoms with E-state index in [1.807, 2.05) is 12.1 Å². The number of amides is 2. The number of halogens is 1. The van der Waals surface area contributed by atoms with Crippen LogP contribution in [-0.2, 0) is 6.32 Å². The summed E-state index contributed by atoms with van der Waals surface area (Å²) in [6.45, 7) is 0. The molecule has 0 spiro atoms. The largest absolute Gasteiger partial charge is 0.327 e. The van der Waals surface area contributed by atoms with Crippen molar-refractivity contribution in [2.75, 3.05) is 12.4 Å². The molecule has 2 amide bonds. The predicted molar refractivity (Wildman–Crippen MR) is 69.3 cm³/mol. The Morgan fingerprint density at radius 1 is 1.50 bits per heavy atom. The highest BCUT2D eigenvalue weighted by Gasteiger charge is 2.10. The minimum absolute atomic E-state index is 0.00331. The van der Waals surface area contributed by atoms with Gasteiger partial charge in [-0.1, -0.05) is 24.0 Å². The van der Waals surface area contributed by atoms with Gasteiger partial charge in [0.05, 0.1) is 7.85 Å². The Kier molecular flexibility index (Phi) is 4.55. The maximum atomic E-state index is 11.5. The molecule has 0 fully saturated rings. The number of urea groups is 1. The lowest BCUT2D eigenvalue weighted by atomic mass is 9.97. The van der Waals surface area contributed by atoms with Crippen molar-refractivity contribution in [2.24, 2.45) is 0 Å². The maximum Gasteiger partial charge on any atom is 0.327 e. The van der Waals surface area contributed by atoms with Crippen LogP contribution >= 0.6 is 15.9 Å². The molecule has 0 aliphatic carbocycles. The number of hydrogen-bond donors (Lipinski definition) is 2. The van der Waals surface area contributed by atoms with Crippen molar-refractivity contribution in [1.29, 1.82) is 5.41 Å². The maximum absolute atomic E-state index is 11.5. The molecule has 1 aromatic carbocycles. The molecule has 0 aromatic heterocycles. The third-order valence-corrected chi connectivity index (χ3v) is 2.57. The Morgan fingerprint density at radius 2 is 2.06 bits per heavy atom. The monoisotopic (exact) mass is 279 g/mol. The summed E-state index contributed by atoms with van der Waals surface area (Å²) in [5, 5.41) is 9.88. The summed E-state index contributed by atoms with van der Waals surface area (Å²) in [5.41, 5.74) is 1.67. The number of amidine groups is 1. The second kappa shape index (κ2) is 5.70. The van der Waals surface area contributed by atoms with Crippen molar-refractivity contribution in [2.45, 2.75) is 6.32 Å². The van der Waals surface area contributed by atoms with E-state index in [2.05, 4.69) is 21.2 Å². The number of nitrogens with zero attached hydrogens (tertiary/aromatic N) is 1. The first-order valence-electron chi connectivity index (χ1n) is 4.62. The fourth-order valence-electron chi connectivity index (χ4n) is 1.02. The summed E-state index contributed by atoms with van der Waals surface area (Å²) >= 11 is 2.91. The highest BCUT2D eigenvalue weighted by atomic mass is 79.9. The Morgan fingerprint density at radius 3 is 2.50 bits per heavy atom. The van der Waals surface area contributed by atoms with Crippen LogP contribution in [0.25, 0.3) is 0 Å². The molecule has 1 rings (SSSR count). The van der Waals surface area contributed by atoms with E-state index >= 15 is 0 Å². The molecule has 0 atom stereocenters. The van der Waals surface area contributed by atoms with Crippen molar-refractivity contribution in [3.63, 3.8) is 0 Å². The number of nitrogens with one attached hydrogen (secondary N) is 2. The lowest BCUT2D eigenvalue weighted by molar-refractivity contribution is 0.239. The quantitative estimate of drug-likeness (QED) is 0.371. The minimum Gasteiger partial charge on any atom is -0.308 e. The predicted octanol–water partition coefficient (Wildman–Crippen LogP) is 2.15. The van der Waals surface area contributed by atoms with Crippen LogP contribution in [0.3, 0.4) is 0 Å². The fraction of sp³-hybridized carbons (Fsp3) is 0.200. The number of hydrogen-bond acceptors (Lipinski definition) is 2. The lowest BCUT2D eigenvalue weighted by Crippen LogP contribution is -2.33. The smallest absolute Gasteiger partial charge is 0.308 e. The normalized spacial score (nSPS) is 9.62. The molecular formula is C10H11BBrN3O. The average Bonchev–Trinajstić information content (AvgIpc) is 2.28. The van der Waals surface area contributed by atoms with E-state index in [1.54, 1.807) is 12.1 Å². The van der Waals surface area contributed by atoms with E-state index in [-0.39, 0.29) is 10.8 Å². The van der Waals surface area contributed by atoms with Crippen molar-refractivity contribution >= 4 is 40.2 Å². The van der Waals surface area contributed by atoms with Crippen molar-refractivity contribution < 1.29 is 4.79 Å². The van der Waals surface area contributed by atoms with Gasteiger partial charge in [-0.05, 0) is 28.1 Å². The molecule has 0 bridgehead atoms. The number of anilines is 1. The Balaban J connectivity index is 2.66. The molecule has 0 saturated carbocycles. The summed E-state index contributed by atoms with van der Waals surface area (Å²) in [7, 11) is 6.96. The van der Waals surface area contributed by atoms with Crippen LogP contribution < -0.4 is 5.32 Å². The van der Waals surface area contributed by atoms with E-state index in [1.165, 1.54) is 7.05 Å². The molecule has 0 aliphatic rings. The zero-order valence-corrected chi connectivity index (χ0v) is 10.4. The Bertz CT molecular complexity index is 394. The number of carbonyl (C=O) groups is 1. The minimum atomic E-state index is -0.373. The summed E-state index contributed by atoms with van der Waals surface area (Å²) in [5.74, 6) is 0. The molecule has 0 unspecified atom stereocenters. The van der Waals surface area contributed by atoms with Crippen LogP contribution in [0.2, 0.25) is 0 Å². The van der Waals surface area contributed by atoms with Crippen LogP contribution in [0.5, 0.6) is 0 Å². The van der Waals surface area contributed by atoms with Crippen LogP contribution in [-0.4, -0.2) is 30.6 Å². The van der Waals surface area contributed by atoms with Crippen LogP contribution in [0.15, 0.2) is 24.3 Å². The highest BCUT2D eigenvalue weighted by Crippen LogP contribution is 2.10. The molecule has 82 valence electrons. The molecule has 1 aromatic rings. The second-order valence-electron chi connectivity index (χ2n) is 3.18. The van der Waals surface area contributed by atoms with Crippen LogP contribution in [0, 0.1) is 5.41 Å². The number of benzene rings is 1. The van der Waals surface area contributed by atoms with Gasteiger partial charge in [-0.25, -0.2) is 4.79 Å². The van der Waals surface area contributed by atoms with Crippen molar-refractivity contribution in [3.05, 3.63) is 29.8 Å². The first kappa shape index (κ1) is 12.8. The lowest BCUT2D eigenvalue weighted by Gasteiger charge is -2.14. The Hall–Kier alpha value is -1.30. The van der Waals surface area contributed by atoms with Gasteiger partial charge in [-0.3, -0.25) is 10.3 Å². The van der Waals surface area contributed by atoms with Crippen LogP contribution in [0.1, 0.15) is 5.56 Å². The summed E-state index contributed by atoms with van der Waals surface area (Å²) < 4.78 is 0.00331. The van der Waals surface area contributed by atoms with Gasteiger partial charge in [0.1, 0.15) is 0 Å². The third kappa shape index (κ3) is 3.38. The summed E-state index contributed by atoms with van der Waals surface area (Å²) in [4.78, 5) is 12.7. The molecule has 16 heavy (non-hydrogen) atoms. The first-order valence-corrected chi connectivity index (χ1v) is 5.41. The van der Waals surface area contributed by atoms with Gasteiger partial charge in [-0.2, -0.15) is 0 Å². The van der Waals surface area contributed by atoms with Crippen LogP contribution in [0.4, 0.5) is 10.5 Å². The molecule has 0 heterocycles. The van der Waals surface area contributed by atoms with Crippen molar-refractivity contribution in [3.8, 4) is 0 Å². The van der Waals surface area contributed by atoms with Gasteiger partial charge in [0.15, 0.2) is 4.74 Å². The van der Waals surface area contributed by atoms with E-state index in [0.29, 0.717) is 12.0 Å². The zero-order valence-electron chi connectivity index (χ0n) is 8.83. The SMILES string of the molecule is [B]Cc1ccc(NC(=O)N(C)C(=N)Br)cc1. The fourth-order valence-corrected chi connectivity index (χ4v) is 1.18. The molecule has 0 aliphatic heterocycles. The van der Waals surface area contributed by atoms with Gasteiger partial charge in [0.2, 0.25) is 0 Å². The first-order chi connectivity index (χ1) is 7.54. The van der Waals surface area contributed by atoms with Crippen molar-refractivity contribution in [1.82, 2.24) is 4.90 Å². The average molecular weight is 280 g/mol. The van der Waals surface area contributed by atoms with Gasteiger partial charge < -0.3 is 5.32 Å². The topological polar surface area (TPSA) is 56.2 Å². The molecule has 6 heteroatoms. The van der Waals surface area contributed by atoms with Gasteiger partial charge in [0, 0.05) is 12.7 Å². The Labute approximate surface area is 104 Å². The second-order valence-corrected chi connectivity index (χ2v) is 3.93. The van der Waals surface area contributed by atoms with E-state index in [9.17, 15) is 4.79 Å². The molecule has 0 saturated heterocycles. The highest BCUT2D eigenvalue weighted by molar-refractivity contribution is 9.18. The summed E-state index contributed by atoms with van der Waals surface area (Å²) in [6, 6.07) is 6.85.